The number of hydrogen-bond donors (Lipinski definition) is 0. The highest BCUT2D eigenvalue weighted by atomic mass is 16.5. The van der Waals surface area contributed by atoms with Crippen molar-refractivity contribution in [3.05, 3.63) is 60.2 Å². The monoisotopic (exact) mass is 297 g/mol. The Morgan fingerprint density at radius 1 is 1.27 bits per heavy atom. The highest BCUT2D eigenvalue weighted by Crippen LogP contribution is 2.40. The quantitative estimate of drug-likeness (QED) is 0.633. The zero-order valence-electron chi connectivity index (χ0n) is 13.0. The fourth-order valence-electron chi connectivity index (χ4n) is 3.65. The molecule has 2 fully saturated rings. The Morgan fingerprint density at radius 3 is 2.86 bits per heavy atom. The van der Waals surface area contributed by atoms with Crippen molar-refractivity contribution >= 4 is 5.91 Å². The van der Waals surface area contributed by atoms with Crippen molar-refractivity contribution in [2.75, 3.05) is 19.8 Å². The smallest absolute Gasteiger partial charge is 0.246 e. The van der Waals surface area contributed by atoms with Gasteiger partial charge in [0, 0.05) is 37.1 Å². The summed E-state index contributed by atoms with van der Waals surface area (Å²) in [5.74, 6) is 0.911. The van der Waals surface area contributed by atoms with Gasteiger partial charge in [-0.1, -0.05) is 48.6 Å². The lowest BCUT2D eigenvalue weighted by Gasteiger charge is -2.32. The molecule has 3 atom stereocenters. The molecule has 3 unspecified atom stereocenters. The lowest BCUT2D eigenvalue weighted by atomic mass is 9.84. The Balaban J connectivity index is 1.82. The third-order valence-electron chi connectivity index (χ3n) is 4.73. The first-order valence-corrected chi connectivity index (χ1v) is 8.04. The fourth-order valence-corrected chi connectivity index (χ4v) is 3.65. The number of carbonyl (C=O) groups excluding carboxylic acids is 1. The third kappa shape index (κ3) is 3.00. The van der Waals surface area contributed by atoms with Gasteiger partial charge in [-0.25, -0.2) is 0 Å². The van der Waals surface area contributed by atoms with Crippen LogP contribution in [-0.2, 0) is 9.53 Å². The summed E-state index contributed by atoms with van der Waals surface area (Å²) in [5, 5.41) is 0. The van der Waals surface area contributed by atoms with Crippen molar-refractivity contribution in [1.29, 1.82) is 0 Å². The molecule has 0 aromatic heterocycles. The van der Waals surface area contributed by atoms with Gasteiger partial charge >= 0.3 is 0 Å². The molecule has 2 aliphatic heterocycles. The van der Waals surface area contributed by atoms with Gasteiger partial charge in [-0.05, 0) is 18.9 Å². The number of ether oxygens (including phenoxy) is 1. The number of likely N-dealkylation sites (tertiary alicyclic amines) is 1. The topological polar surface area (TPSA) is 29.5 Å². The van der Waals surface area contributed by atoms with Gasteiger partial charge in [-0.3, -0.25) is 4.79 Å². The van der Waals surface area contributed by atoms with E-state index in [1.54, 1.807) is 6.08 Å². The van der Waals surface area contributed by atoms with Crippen LogP contribution < -0.4 is 0 Å². The first-order chi connectivity index (χ1) is 10.8. The van der Waals surface area contributed by atoms with Gasteiger partial charge in [-0.15, -0.1) is 0 Å². The number of rotatable bonds is 3. The number of nitrogens with zero attached hydrogens (tertiary/aromatic N) is 1. The zero-order valence-corrected chi connectivity index (χ0v) is 13.0. The third-order valence-corrected chi connectivity index (χ3v) is 4.73. The van der Waals surface area contributed by atoms with Crippen LogP contribution in [0, 0.1) is 5.92 Å². The van der Waals surface area contributed by atoms with Crippen LogP contribution in [0.4, 0.5) is 0 Å². The Bertz CT molecular complexity index is 564. The molecular weight excluding hydrogens is 274 g/mol. The molecule has 0 N–H and O–H groups in total. The molecule has 0 saturated carbocycles. The van der Waals surface area contributed by atoms with Crippen LogP contribution in [-0.4, -0.2) is 36.6 Å². The number of benzene rings is 1. The summed E-state index contributed by atoms with van der Waals surface area (Å²) in [6.45, 7) is 4.25. The number of fused-ring (bicyclic) bond motifs is 1. The Hall–Kier alpha value is -1.87. The molecule has 1 aromatic carbocycles. The molecular formula is C19H23NO2. The number of carbonyl (C=O) groups is 1. The van der Waals surface area contributed by atoms with Gasteiger partial charge in [0.1, 0.15) is 0 Å². The summed E-state index contributed by atoms with van der Waals surface area (Å²) in [7, 11) is 0. The molecule has 0 bridgehead atoms. The Labute approximate surface area is 132 Å². The molecule has 22 heavy (non-hydrogen) atoms. The Morgan fingerprint density at radius 2 is 2.09 bits per heavy atom. The maximum absolute atomic E-state index is 12.5. The second-order valence-electron chi connectivity index (χ2n) is 5.99. The molecule has 1 amide bonds. The standard InChI is InChI=1S/C19H23NO2/c1-2-3-5-10-19(21)20-13-16(15-8-6-4-7-9-15)17-14-22-12-11-18(17)20/h2-10,16-18H,11-14H2,1H3. The molecule has 116 valence electrons. The van der Waals surface area contributed by atoms with Crippen LogP contribution in [0.15, 0.2) is 54.6 Å². The van der Waals surface area contributed by atoms with E-state index in [1.807, 2.05) is 36.1 Å². The van der Waals surface area contributed by atoms with Gasteiger partial charge in [0.05, 0.1) is 6.61 Å². The van der Waals surface area contributed by atoms with Gasteiger partial charge in [-0.2, -0.15) is 0 Å². The van der Waals surface area contributed by atoms with E-state index >= 15 is 0 Å². The van der Waals surface area contributed by atoms with Crippen LogP contribution in [0.5, 0.6) is 0 Å². The molecule has 0 aliphatic carbocycles. The highest BCUT2D eigenvalue weighted by Gasteiger charge is 2.45. The second kappa shape index (κ2) is 6.93. The lowest BCUT2D eigenvalue weighted by molar-refractivity contribution is -0.128. The molecule has 1 aromatic rings. The van der Waals surface area contributed by atoms with Crippen molar-refractivity contribution in [2.24, 2.45) is 5.92 Å². The first-order valence-electron chi connectivity index (χ1n) is 8.04. The molecule has 3 rings (SSSR count). The van der Waals surface area contributed by atoms with Crippen molar-refractivity contribution < 1.29 is 9.53 Å². The van der Waals surface area contributed by atoms with E-state index in [2.05, 4.69) is 24.3 Å². The van der Waals surface area contributed by atoms with E-state index in [0.717, 1.165) is 26.2 Å². The molecule has 2 aliphatic rings. The van der Waals surface area contributed by atoms with Gasteiger partial charge in [0.2, 0.25) is 5.91 Å². The van der Waals surface area contributed by atoms with Crippen molar-refractivity contribution in [3.8, 4) is 0 Å². The van der Waals surface area contributed by atoms with Crippen LogP contribution >= 0.6 is 0 Å². The minimum atomic E-state index is 0.119. The zero-order chi connectivity index (χ0) is 15.4. The number of allylic oxidation sites excluding steroid dienone is 3. The summed E-state index contributed by atoms with van der Waals surface area (Å²) < 4.78 is 5.69. The van der Waals surface area contributed by atoms with E-state index in [-0.39, 0.29) is 5.91 Å². The summed E-state index contributed by atoms with van der Waals surface area (Å²) in [5.41, 5.74) is 1.32. The highest BCUT2D eigenvalue weighted by molar-refractivity contribution is 5.88. The largest absolute Gasteiger partial charge is 0.381 e. The number of hydrogen-bond acceptors (Lipinski definition) is 2. The Kier molecular flexibility index (Phi) is 4.74. The van der Waals surface area contributed by atoms with Crippen LogP contribution in [0.2, 0.25) is 0 Å². The fraction of sp³-hybridized carbons (Fsp3) is 0.421. The van der Waals surface area contributed by atoms with E-state index in [0.29, 0.717) is 17.9 Å². The molecule has 0 radical (unpaired) electrons. The molecule has 3 heteroatoms. The number of amides is 1. The van der Waals surface area contributed by atoms with Gasteiger partial charge < -0.3 is 9.64 Å². The average molecular weight is 297 g/mol. The van der Waals surface area contributed by atoms with Crippen molar-refractivity contribution in [3.63, 3.8) is 0 Å². The predicted octanol–water partition coefficient (Wildman–Crippen LogP) is 3.15. The lowest BCUT2D eigenvalue weighted by Crippen LogP contribution is -2.41. The molecule has 0 spiro atoms. The van der Waals surface area contributed by atoms with Crippen LogP contribution in [0.1, 0.15) is 24.8 Å². The second-order valence-corrected chi connectivity index (χ2v) is 5.99. The predicted molar refractivity (Wildman–Crippen MR) is 87.6 cm³/mol. The van der Waals surface area contributed by atoms with E-state index < -0.39 is 0 Å². The minimum Gasteiger partial charge on any atom is -0.381 e. The summed E-state index contributed by atoms with van der Waals surface area (Å²) in [4.78, 5) is 14.6. The molecule has 3 nitrogen and oxygen atoms in total. The van der Waals surface area contributed by atoms with E-state index in [4.69, 9.17) is 4.74 Å². The van der Waals surface area contributed by atoms with Gasteiger partial charge in [0.15, 0.2) is 0 Å². The van der Waals surface area contributed by atoms with E-state index in [9.17, 15) is 4.79 Å². The van der Waals surface area contributed by atoms with Crippen LogP contribution in [0.3, 0.4) is 0 Å². The van der Waals surface area contributed by atoms with Gasteiger partial charge in [0.25, 0.3) is 0 Å². The minimum absolute atomic E-state index is 0.119. The summed E-state index contributed by atoms with van der Waals surface area (Å²) in [6, 6.07) is 10.8. The molecule has 2 saturated heterocycles. The van der Waals surface area contributed by atoms with E-state index in [1.165, 1.54) is 5.56 Å². The summed E-state index contributed by atoms with van der Waals surface area (Å²) in [6.07, 6.45) is 8.27. The SMILES string of the molecule is CC=CC=CC(=O)N1CC(c2ccccc2)C2COCCC21. The van der Waals surface area contributed by atoms with Crippen molar-refractivity contribution in [2.45, 2.75) is 25.3 Å². The average Bonchev–Trinajstić information content (AvgIpc) is 2.95. The van der Waals surface area contributed by atoms with Crippen molar-refractivity contribution in [1.82, 2.24) is 4.90 Å². The maximum Gasteiger partial charge on any atom is 0.246 e. The summed E-state index contributed by atoms with van der Waals surface area (Å²) >= 11 is 0. The molecule has 2 heterocycles. The van der Waals surface area contributed by atoms with Crippen LogP contribution in [0.25, 0.3) is 0 Å². The normalized spacial score (nSPS) is 28.4. The maximum atomic E-state index is 12.5. The first kappa shape index (κ1) is 15.0.